The monoisotopic (exact) mass is 420 g/mol. The fraction of sp³-hybridized carbons (Fsp3) is 0.167. The van der Waals surface area contributed by atoms with Crippen LogP contribution < -0.4 is 15.4 Å². The first-order valence-corrected chi connectivity index (χ1v) is 10.5. The number of benzene rings is 2. The molecule has 0 aliphatic heterocycles. The minimum atomic E-state index is -0.366. The Morgan fingerprint density at radius 3 is 2.47 bits per heavy atom. The Morgan fingerprint density at radius 1 is 1.03 bits per heavy atom. The van der Waals surface area contributed by atoms with Crippen molar-refractivity contribution >= 4 is 29.2 Å². The second-order valence-corrected chi connectivity index (χ2v) is 7.82. The third kappa shape index (κ3) is 6.06. The highest BCUT2D eigenvalue weighted by molar-refractivity contribution is 7.10. The minimum absolute atomic E-state index is 0.192. The number of hydrogen-bond donors (Lipinski definition) is 2. The number of ether oxygens (including phenoxy) is 1. The summed E-state index contributed by atoms with van der Waals surface area (Å²) in [5, 5.41) is 7.58. The summed E-state index contributed by atoms with van der Waals surface area (Å²) >= 11 is 1.49. The Hall–Kier alpha value is -3.38. The number of para-hydroxylation sites is 1. The van der Waals surface area contributed by atoms with Gasteiger partial charge in [0.05, 0.1) is 6.04 Å². The molecule has 0 aliphatic carbocycles. The van der Waals surface area contributed by atoms with Crippen LogP contribution in [0.3, 0.4) is 0 Å². The second kappa shape index (κ2) is 10.4. The molecule has 3 rings (SSSR count). The molecule has 2 N–H and O–H groups in total. The maximum absolute atomic E-state index is 12.9. The normalized spacial score (nSPS) is 12.1. The van der Waals surface area contributed by atoms with E-state index in [1.807, 2.05) is 73.8 Å². The van der Waals surface area contributed by atoms with Crippen LogP contribution in [0.4, 0.5) is 0 Å². The van der Waals surface area contributed by atoms with Gasteiger partial charge in [0, 0.05) is 10.4 Å². The third-order valence-corrected chi connectivity index (χ3v) is 5.15. The van der Waals surface area contributed by atoms with E-state index in [-0.39, 0.29) is 23.6 Å². The lowest BCUT2D eigenvalue weighted by Gasteiger charge is -2.17. The molecule has 0 spiro atoms. The van der Waals surface area contributed by atoms with Crippen molar-refractivity contribution in [3.05, 3.63) is 93.8 Å². The number of carbonyl (C=O) groups excluding carboxylic acids is 2. The van der Waals surface area contributed by atoms with E-state index in [1.54, 1.807) is 18.2 Å². The number of nitrogens with one attached hydrogen (secondary N) is 2. The van der Waals surface area contributed by atoms with Gasteiger partial charge in [0.1, 0.15) is 18.1 Å². The van der Waals surface area contributed by atoms with Gasteiger partial charge in [-0.15, -0.1) is 11.3 Å². The number of carbonyl (C=O) groups is 2. The molecule has 0 saturated carbocycles. The summed E-state index contributed by atoms with van der Waals surface area (Å²) in [6, 6.07) is 20.2. The number of aryl methyl sites for hydroxylation is 1. The summed E-state index contributed by atoms with van der Waals surface area (Å²) in [6.45, 7) is 4.03. The molecule has 154 valence electrons. The first-order valence-electron chi connectivity index (χ1n) is 9.64. The SMILES string of the molecule is Cc1ccccc1C(=O)N/C(=C\c1cccs1)C(=O)N[C@@H](C)COc1ccccc1. The van der Waals surface area contributed by atoms with Crippen LogP contribution in [-0.2, 0) is 4.79 Å². The Morgan fingerprint density at radius 2 is 1.77 bits per heavy atom. The number of thiophene rings is 1. The molecule has 2 aromatic carbocycles. The van der Waals surface area contributed by atoms with Gasteiger partial charge < -0.3 is 15.4 Å². The van der Waals surface area contributed by atoms with E-state index in [1.165, 1.54) is 11.3 Å². The van der Waals surface area contributed by atoms with E-state index < -0.39 is 0 Å². The van der Waals surface area contributed by atoms with Crippen LogP contribution in [0, 0.1) is 6.92 Å². The van der Waals surface area contributed by atoms with Crippen LogP contribution in [0.15, 0.2) is 77.8 Å². The molecule has 0 saturated heterocycles. The lowest BCUT2D eigenvalue weighted by atomic mass is 10.1. The molecule has 1 aromatic heterocycles. The van der Waals surface area contributed by atoms with Crippen LogP contribution in [0.2, 0.25) is 0 Å². The number of amides is 2. The summed E-state index contributed by atoms with van der Waals surface area (Å²) in [5.41, 5.74) is 1.57. The van der Waals surface area contributed by atoms with Gasteiger partial charge in [0.15, 0.2) is 0 Å². The zero-order valence-corrected chi connectivity index (χ0v) is 17.7. The Kier molecular flexibility index (Phi) is 7.40. The van der Waals surface area contributed by atoms with Crippen LogP contribution in [0.25, 0.3) is 6.08 Å². The largest absolute Gasteiger partial charge is 0.491 e. The van der Waals surface area contributed by atoms with Gasteiger partial charge in [0.25, 0.3) is 11.8 Å². The van der Waals surface area contributed by atoms with E-state index in [0.717, 1.165) is 16.2 Å². The van der Waals surface area contributed by atoms with Gasteiger partial charge in [-0.2, -0.15) is 0 Å². The molecule has 0 bridgehead atoms. The van der Waals surface area contributed by atoms with E-state index in [9.17, 15) is 9.59 Å². The van der Waals surface area contributed by atoms with Gasteiger partial charge in [-0.3, -0.25) is 9.59 Å². The van der Waals surface area contributed by atoms with Gasteiger partial charge in [0.2, 0.25) is 0 Å². The van der Waals surface area contributed by atoms with Crippen molar-refractivity contribution in [1.82, 2.24) is 10.6 Å². The Labute approximate surface area is 180 Å². The topological polar surface area (TPSA) is 67.4 Å². The molecule has 0 fully saturated rings. The summed E-state index contributed by atoms with van der Waals surface area (Å²) in [4.78, 5) is 26.5. The summed E-state index contributed by atoms with van der Waals surface area (Å²) in [7, 11) is 0. The molecular weight excluding hydrogens is 396 g/mol. The Balaban J connectivity index is 1.69. The summed E-state index contributed by atoms with van der Waals surface area (Å²) in [5.74, 6) is 0.0505. The molecule has 5 nitrogen and oxygen atoms in total. The van der Waals surface area contributed by atoms with Gasteiger partial charge in [-0.25, -0.2) is 0 Å². The van der Waals surface area contributed by atoms with Crippen molar-refractivity contribution in [3.63, 3.8) is 0 Å². The smallest absolute Gasteiger partial charge is 0.268 e. The van der Waals surface area contributed by atoms with Gasteiger partial charge in [-0.1, -0.05) is 42.5 Å². The van der Waals surface area contributed by atoms with E-state index >= 15 is 0 Å². The molecule has 3 aromatic rings. The summed E-state index contributed by atoms with van der Waals surface area (Å²) < 4.78 is 5.70. The van der Waals surface area contributed by atoms with E-state index in [4.69, 9.17) is 4.74 Å². The summed E-state index contributed by atoms with van der Waals surface area (Å²) in [6.07, 6.45) is 1.68. The van der Waals surface area contributed by atoms with Crippen LogP contribution in [-0.4, -0.2) is 24.5 Å². The number of rotatable bonds is 8. The molecule has 0 radical (unpaired) electrons. The van der Waals surface area contributed by atoms with Crippen molar-refractivity contribution in [2.45, 2.75) is 19.9 Å². The lowest BCUT2D eigenvalue weighted by Crippen LogP contribution is -2.41. The Bertz CT molecular complexity index is 1010. The molecule has 0 aliphatic rings. The highest BCUT2D eigenvalue weighted by Gasteiger charge is 2.18. The van der Waals surface area contributed by atoms with Crippen LogP contribution in [0.1, 0.15) is 27.7 Å². The van der Waals surface area contributed by atoms with E-state index in [0.29, 0.717) is 12.2 Å². The van der Waals surface area contributed by atoms with Crippen molar-refractivity contribution in [2.75, 3.05) is 6.61 Å². The molecule has 1 heterocycles. The molecule has 30 heavy (non-hydrogen) atoms. The van der Waals surface area contributed by atoms with Crippen molar-refractivity contribution in [1.29, 1.82) is 0 Å². The molecule has 2 amide bonds. The third-order valence-electron chi connectivity index (χ3n) is 4.33. The van der Waals surface area contributed by atoms with Crippen LogP contribution in [0.5, 0.6) is 5.75 Å². The average Bonchev–Trinajstić information content (AvgIpc) is 3.26. The number of hydrogen-bond acceptors (Lipinski definition) is 4. The first-order chi connectivity index (χ1) is 14.5. The fourth-order valence-electron chi connectivity index (χ4n) is 2.77. The van der Waals surface area contributed by atoms with E-state index in [2.05, 4.69) is 10.6 Å². The van der Waals surface area contributed by atoms with Crippen molar-refractivity contribution < 1.29 is 14.3 Å². The maximum atomic E-state index is 12.9. The van der Waals surface area contributed by atoms with Crippen molar-refractivity contribution in [2.24, 2.45) is 0 Å². The first kappa shape index (κ1) is 21.3. The van der Waals surface area contributed by atoms with Gasteiger partial charge in [-0.05, 0) is 55.1 Å². The second-order valence-electron chi connectivity index (χ2n) is 6.84. The zero-order valence-electron chi connectivity index (χ0n) is 16.9. The minimum Gasteiger partial charge on any atom is -0.491 e. The zero-order chi connectivity index (χ0) is 21.3. The molecule has 1 atom stereocenters. The maximum Gasteiger partial charge on any atom is 0.268 e. The molecular formula is C24H24N2O3S. The van der Waals surface area contributed by atoms with Crippen molar-refractivity contribution in [3.8, 4) is 5.75 Å². The van der Waals surface area contributed by atoms with Gasteiger partial charge >= 0.3 is 0 Å². The van der Waals surface area contributed by atoms with Crippen LogP contribution >= 0.6 is 11.3 Å². The highest BCUT2D eigenvalue weighted by Crippen LogP contribution is 2.14. The standard InChI is InChI=1S/C24H24N2O3S/c1-17-9-6-7-13-21(17)23(27)26-22(15-20-12-8-14-30-20)24(28)25-18(2)16-29-19-10-4-3-5-11-19/h3-15,18H,16H2,1-2H3,(H,25,28)(H,26,27)/b22-15-/t18-/m0/s1. The lowest BCUT2D eigenvalue weighted by molar-refractivity contribution is -0.118. The molecule has 0 unspecified atom stereocenters. The quantitative estimate of drug-likeness (QED) is 0.531. The fourth-order valence-corrected chi connectivity index (χ4v) is 3.43. The predicted octanol–water partition coefficient (Wildman–Crippen LogP) is 4.41. The predicted molar refractivity (Wildman–Crippen MR) is 120 cm³/mol. The average molecular weight is 421 g/mol. The molecule has 6 heteroatoms. The highest BCUT2D eigenvalue weighted by atomic mass is 32.1.